The molecule has 1 heterocycles. The summed E-state index contributed by atoms with van der Waals surface area (Å²) in [5.41, 5.74) is 0.635. The molecule has 1 aromatic heterocycles. The standard InChI is InChI=1S/C17H15NO2/c1-12(19)17-9-8-16(11-18-17)20-15-7-6-13-4-2-3-5-14(13)10-15/h2-12,19H,1H3/t12-/m0/s1. The molecule has 3 aromatic rings. The van der Waals surface area contributed by atoms with Gasteiger partial charge < -0.3 is 9.84 Å². The Bertz CT molecular complexity index is 720. The van der Waals surface area contributed by atoms with Crippen molar-refractivity contribution in [2.45, 2.75) is 13.0 Å². The van der Waals surface area contributed by atoms with Gasteiger partial charge in [-0.2, -0.15) is 0 Å². The molecule has 0 aliphatic carbocycles. The zero-order chi connectivity index (χ0) is 13.9. The Morgan fingerprint density at radius 1 is 0.950 bits per heavy atom. The van der Waals surface area contributed by atoms with Gasteiger partial charge in [0.25, 0.3) is 0 Å². The average molecular weight is 265 g/mol. The minimum Gasteiger partial charge on any atom is -0.456 e. The van der Waals surface area contributed by atoms with E-state index in [2.05, 4.69) is 17.1 Å². The Balaban J connectivity index is 1.85. The van der Waals surface area contributed by atoms with E-state index in [1.54, 1.807) is 19.2 Å². The van der Waals surface area contributed by atoms with Gasteiger partial charge >= 0.3 is 0 Å². The zero-order valence-electron chi connectivity index (χ0n) is 11.2. The van der Waals surface area contributed by atoms with Crippen molar-refractivity contribution in [2.75, 3.05) is 0 Å². The predicted molar refractivity (Wildman–Crippen MR) is 78.9 cm³/mol. The normalized spacial score (nSPS) is 12.3. The van der Waals surface area contributed by atoms with Gasteiger partial charge in [-0.3, -0.25) is 4.98 Å². The monoisotopic (exact) mass is 265 g/mol. The van der Waals surface area contributed by atoms with Crippen LogP contribution in [-0.4, -0.2) is 10.1 Å². The SMILES string of the molecule is C[C@H](O)c1ccc(Oc2ccc3ccccc3c2)cn1. The predicted octanol–water partition coefficient (Wildman–Crippen LogP) is 4.08. The van der Waals surface area contributed by atoms with Crippen molar-refractivity contribution in [3.63, 3.8) is 0 Å². The second kappa shape index (κ2) is 5.31. The molecule has 100 valence electrons. The van der Waals surface area contributed by atoms with Crippen LogP contribution >= 0.6 is 0 Å². The molecule has 0 unspecified atom stereocenters. The van der Waals surface area contributed by atoms with Crippen LogP contribution in [0.3, 0.4) is 0 Å². The molecule has 0 amide bonds. The molecule has 0 spiro atoms. The third kappa shape index (κ3) is 2.63. The fourth-order valence-corrected chi connectivity index (χ4v) is 2.07. The number of nitrogens with zero attached hydrogens (tertiary/aromatic N) is 1. The van der Waals surface area contributed by atoms with E-state index in [1.165, 1.54) is 5.39 Å². The first kappa shape index (κ1) is 12.6. The maximum absolute atomic E-state index is 9.42. The molecule has 3 nitrogen and oxygen atoms in total. The quantitative estimate of drug-likeness (QED) is 0.775. The second-order valence-electron chi connectivity index (χ2n) is 4.71. The highest BCUT2D eigenvalue weighted by atomic mass is 16.5. The van der Waals surface area contributed by atoms with E-state index in [9.17, 15) is 5.11 Å². The minimum atomic E-state index is -0.565. The Kier molecular flexibility index (Phi) is 3.35. The van der Waals surface area contributed by atoms with Crippen LogP contribution in [0, 0.1) is 0 Å². The lowest BCUT2D eigenvalue weighted by Crippen LogP contribution is -1.95. The van der Waals surface area contributed by atoms with E-state index in [0.717, 1.165) is 11.1 Å². The molecular weight excluding hydrogens is 250 g/mol. The van der Waals surface area contributed by atoms with E-state index in [0.29, 0.717) is 11.4 Å². The Labute approximate surface area is 117 Å². The van der Waals surface area contributed by atoms with Crippen molar-refractivity contribution >= 4 is 10.8 Å². The van der Waals surface area contributed by atoms with E-state index in [1.807, 2.05) is 36.4 Å². The van der Waals surface area contributed by atoms with Crippen molar-refractivity contribution in [3.05, 3.63) is 66.5 Å². The highest BCUT2D eigenvalue weighted by Crippen LogP contribution is 2.25. The molecule has 0 saturated heterocycles. The molecule has 1 atom stereocenters. The molecule has 1 N–H and O–H groups in total. The van der Waals surface area contributed by atoms with Crippen molar-refractivity contribution in [1.82, 2.24) is 4.98 Å². The summed E-state index contributed by atoms with van der Waals surface area (Å²) in [5.74, 6) is 1.43. The van der Waals surface area contributed by atoms with E-state index in [-0.39, 0.29) is 0 Å². The molecule has 0 radical (unpaired) electrons. The van der Waals surface area contributed by atoms with E-state index in [4.69, 9.17) is 4.74 Å². The fourth-order valence-electron chi connectivity index (χ4n) is 2.07. The van der Waals surface area contributed by atoms with Crippen LogP contribution in [0.5, 0.6) is 11.5 Å². The van der Waals surface area contributed by atoms with E-state index < -0.39 is 6.10 Å². The fraction of sp³-hybridized carbons (Fsp3) is 0.118. The first-order chi connectivity index (χ1) is 9.72. The summed E-state index contributed by atoms with van der Waals surface area (Å²) >= 11 is 0. The Hall–Kier alpha value is -2.39. The van der Waals surface area contributed by atoms with Gasteiger partial charge in [-0.25, -0.2) is 0 Å². The number of aliphatic hydroxyl groups excluding tert-OH is 1. The van der Waals surface area contributed by atoms with Gasteiger partial charge in [-0.05, 0) is 42.0 Å². The van der Waals surface area contributed by atoms with Gasteiger partial charge in [0.1, 0.15) is 11.5 Å². The Morgan fingerprint density at radius 2 is 1.70 bits per heavy atom. The molecule has 20 heavy (non-hydrogen) atoms. The van der Waals surface area contributed by atoms with Gasteiger partial charge in [-0.1, -0.05) is 30.3 Å². The number of benzene rings is 2. The number of hydrogen-bond acceptors (Lipinski definition) is 3. The number of aromatic nitrogens is 1. The van der Waals surface area contributed by atoms with E-state index >= 15 is 0 Å². The Morgan fingerprint density at radius 3 is 2.40 bits per heavy atom. The smallest absolute Gasteiger partial charge is 0.145 e. The molecule has 0 saturated carbocycles. The molecule has 0 fully saturated rings. The molecule has 3 rings (SSSR count). The molecule has 2 aromatic carbocycles. The third-order valence-electron chi connectivity index (χ3n) is 3.14. The number of hydrogen-bond donors (Lipinski definition) is 1. The maximum Gasteiger partial charge on any atom is 0.145 e. The van der Waals surface area contributed by atoms with Crippen LogP contribution in [0.15, 0.2) is 60.8 Å². The number of rotatable bonds is 3. The molecule has 0 bridgehead atoms. The molecule has 0 aliphatic rings. The first-order valence-corrected chi connectivity index (χ1v) is 6.53. The van der Waals surface area contributed by atoms with Gasteiger partial charge in [0, 0.05) is 0 Å². The van der Waals surface area contributed by atoms with Crippen LogP contribution < -0.4 is 4.74 Å². The lowest BCUT2D eigenvalue weighted by Gasteiger charge is -2.08. The summed E-state index contributed by atoms with van der Waals surface area (Å²) in [6.45, 7) is 1.69. The highest BCUT2D eigenvalue weighted by molar-refractivity contribution is 5.83. The summed E-state index contributed by atoms with van der Waals surface area (Å²) in [7, 11) is 0. The zero-order valence-corrected chi connectivity index (χ0v) is 11.2. The molecule has 0 aliphatic heterocycles. The highest BCUT2D eigenvalue weighted by Gasteiger charge is 2.03. The van der Waals surface area contributed by atoms with Gasteiger partial charge in [0.05, 0.1) is 18.0 Å². The van der Waals surface area contributed by atoms with Crippen LogP contribution in [0.1, 0.15) is 18.7 Å². The average Bonchev–Trinajstić information content (AvgIpc) is 2.48. The second-order valence-corrected chi connectivity index (χ2v) is 4.71. The van der Waals surface area contributed by atoms with Crippen molar-refractivity contribution in [2.24, 2.45) is 0 Å². The summed E-state index contributed by atoms with van der Waals surface area (Å²) in [5, 5.41) is 11.7. The summed E-state index contributed by atoms with van der Waals surface area (Å²) < 4.78 is 5.78. The van der Waals surface area contributed by atoms with Crippen LogP contribution in [0.4, 0.5) is 0 Å². The lowest BCUT2D eigenvalue weighted by molar-refractivity contribution is 0.194. The first-order valence-electron chi connectivity index (χ1n) is 6.53. The largest absolute Gasteiger partial charge is 0.456 e. The van der Waals surface area contributed by atoms with Crippen molar-refractivity contribution in [3.8, 4) is 11.5 Å². The van der Waals surface area contributed by atoms with Gasteiger partial charge in [-0.15, -0.1) is 0 Å². The van der Waals surface area contributed by atoms with Crippen LogP contribution in [0.2, 0.25) is 0 Å². The molecular formula is C17H15NO2. The van der Waals surface area contributed by atoms with Crippen molar-refractivity contribution < 1.29 is 9.84 Å². The third-order valence-corrected chi connectivity index (χ3v) is 3.14. The van der Waals surface area contributed by atoms with Crippen LogP contribution in [-0.2, 0) is 0 Å². The number of pyridine rings is 1. The summed E-state index contributed by atoms with van der Waals surface area (Å²) in [6.07, 6.45) is 1.06. The van der Waals surface area contributed by atoms with Gasteiger partial charge in [0.15, 0.2) is 0 Å². The topological polar surface area (TPSA) is 42.4 Å². The minimum absolute atomic E-state index is 0.565. The van der Waals surface area contributed by atoms with Crippen LogP contribution in [0.25, 0.3) is 10.8 Å². The number of fused-ring (bicyclic) bond motifs is 1. The van der Waals surface area contributed by atoms with Gasteiger partial charge in [0.2, 0.25) is 0 Å². The molecule has 3 heteroatoms. The summed E-state index contributed by atoms with van der Waals surface area (Å²) in [6, 6.07) is 17.7. The number of aliphatic hydroxyl groups is 1. The van der Waals surface area contributed by atoms with Crippen molar-refractivity contribution in [1.29, 1.82) is 0 Å². The maximum atomic E-state index is 9.42. The lowest BCUT2D eigenvalue weighted by atomic mass is 10.1. The summed E-state index contributed by atoms with van der Waals surface area (Å²) in [4.78, 5) is 4.16. The number of ether oxygens (including phenoxy) is 1.